The summed E-state index contributed by atoms with van der Waals surface area (Å²) in [4.78, 5) is 25.2. The predicted molar refractivity (Wildman–Crippen MR) is 92.9 cm³/mol. The lowest BCUT2D eigenvalue weighted by Gasteiger charge is -2.24. The zero-order chi connectivity index (χ0) is 16.2. The second-order valence-corrected chi connectivity index (χ2v) is 6.54. The standard InChI is InChI=1S/C18H18N2O2S/c1-13(21)19-16-9-7-15(8-10-16)18-20(17(22)12-23-18)11-14-5-3-2-4-6-14/h2-10,18H,11-12H2,1H3,(H,19,21). The van der Waals surface area contributed by atoms with Gasteiger partial charge in [-0.15, -0.1) is 11.8 Å². The van der Waals surface area contributed by atoms with Crippen LogP contribution in [0.2, 0.25) is 0 Å². The summed E-state index contributed by atoms with van der Waals surface area (Å²) >= 11 is 1.64. The fraction of sp³-hybridized carbons (Fsp3) is 0.222. The van der Waals surface area contributed by atoms with Crippen molar-refractivity contribution in [3.63, 3.8) is 0 Å². The minimum atomic E-state index is -0.0890. The molecule has 1 fully saturated rings. The van der Waals surface area contributed by atoms with E-state index in [4.69, 9.17) is 0 Å². The van der Waals surface area contributed by atoms with Crippen LogP contribution in [0.25, 0.3) is 0 Å². The lowest BCUT2D eigenvalue weighted by molar-refractivity contribution is -0.128. The van der Waals surface area contributed by atoms with Gasteiger partial charge >= 0.3 is 0 Å². The van der Waals surface area contributed by atoms with Crippen LogP contribution in [-0.4, -0.2) is 22.5 Å². The van der Waals surface area contributed by atoms with Crippen molar-refractivity contribution in [2.75, 3.05) is 11.1 Å². The van der Waals surface area contributed by atoms with E-state index in [9.17, 15) is 9.59 Å². The SMILES string of the molecule is CC(=O)Nc1ccc(C2SCC(=O)N2Cc2ccccc2)cc1. The molecule has 1 heterocycles. The van der Waals surface area contributed by atoms with Gasteiger partial charge in [-0.2, -0.15) is 0 Å². The molecule has 3 rings (SSSR count). The summed E-state index contributed by atoms with van der Waals surface area (Å²) in [7, 11) is 0. The number of amides is 2. The van der Waals surface area contributed by atoms with Crippen LogP contribution in [0, 0.1) is 0 Å². The Labute approximate surface area is 139 Å². The van der Waals surface area contributed by atoms with Gasteiger partial charge in [0.25, 0.3) is 0 Å². The van der Waals surface area contributed by atoms with Crippen LogP contribution in [-0.2, 0) is 16.1 Å². The molecule has 2 amide bonds. The van der Waals surface area contributed by atoms with Crippen molar-refractivity contribution in [2.45, 2.75) is 18.8 Å². The maximum Gasteiger partial charge on any atom is 0.234 e. The normalized spacial score (nSPS) is 17.3. The maximum absolute atomic E-state index is 12.2. The van der Waals surface area contributed by atoms with E-state index in [0.717, 1.165) is 16.8 Å². The Morgan fingerprint density at radius 1 is 1.17 bits per heavy atom. The van der Waals surface area contributed by atoms with Crippen LogP contribution in [0.4, 0.5) is 5.69 Å². The quantitative estimate of drug-likeness (QED) is 0.936. The summed E-state index contributed by atoms with van der Waals surface area (Å²) in [5.41, 5.74) is 2.97. The second-order valence-electron chi connectivity index (χ2n) is 5.47. The summed E-state index contributed by atoms with van der Waals surface area (Å²) in [6.45, 7) is 2.10. The molecule has 0 saturated carbocycles. The molecule has 0 spiro atoms. The van der Waals surface area contributed by atoms with E-state index in [-0.39, 0.29) is 17.2 Å². The number of thioether (sulfide) groups is 1. The molecule has 0 aromatic heterocycles. The molecule has 1 unspecified atom stereocenters. The topological polar surface area (TPSA) is 49.4 Å². The van der Waals surface area contributed by atoms with E-state index >= 15 is 0 Å². The third-order valence-corrected chi connectivity index (χ3v) is 4.94. The van der Waals surface area contributed by atoms with Gasteiger partial charge in [-0.3, -0.25) is 9.59 Å². The van der Waals surface area contributed by atoms with Crippen LogP contribution in [0.5, 0.6) is 0 Å². The molecule has 0 aliphatic carbocycles. The lowest BCUT2D eigenvalue weighted by Crippen LogP contribution is -2.27. The molecule has 1 N–H and O–H groups in total. The predicted octanol–water partition coefficient (Wildman–Crippen LogP) is 3.42. The fourth-order valence-electron chi connectivity index (χ4n) is 2.62. The Balaban J connectivity index is 1.77. The first-order valence-electron chi connectivity index (χ1n) is 7.46. The second kappa shape index (κ2) is 6.87. The number of carbonyl (C=O) groups excluding carboxylic acids is 2. The third kappa shape index (κ3) is 3.74. The van der Waals surface area contributed by atoms with Crippen molar-refractivity contribution in [1.82, 2.24) is 4.90 Å². The number of nitrogens with zero attached hydrogens (tertiary/aromatic N) is 1. The van der Waals surface area contributed by atoms with Crippen LogP contribution < -0.4 is 5.32 Å². The number of rotatable bonds is 4. The van der Waals surface area contributed by atoms with E-state index in [2.05, 4.69) is 5.32 Å². The summed E-state index contributed by atoms with van der Waals surface area (Å²) in [5, 5.41) is 2.78. The van der Waals surface area contributed by atoms with E-state index in [1.165, 1.54) is 6.92 Å². The summed E-state index contributed by atoms with van der Waals surface area (Å²) in [5.74, 6) is 0.578. The van der Waals surface area contributed by atoms with Gasteiger partial charge in [0.1, 0.15) is 5.37 Å². The highest BCUT2D eigenvalue weighted by atomic mass is 32.2. The molecular formula is C18H18N2O2S. The van der Waals surface area contributed by atoms with Crippen LogP contribution in [0.1, 0.15) is 23.4 Å². The van der Waals surface area contributed by atoms with Crippen molar-refractivity contribution in [3.8, 4) is 0 Å². The highest BCUT2D eigenvalue weighted by Gasteiger charge is 2.32. The Hall–Kier alpha value is -2.27. The summed E-state index contributed by atoms with van der Waals surface area (Å²) in [6.07, 6.45) is 0. The zero-order valence-electron chi connectivity index (χ0n) is 12.9. The number of benzene rings is 2. The third-order valence-electron chi connectivity index (χ3n) is 3.68. The molecule has 0 radical (unpaired) electrons. The molecule has 118 valence electrons. The van der Waals surface area contributed by atoms with Gasteiger partial charge in [-0.25, -0.2) is 0 Å². The summed E-state index contributed by atoms with van der Waals surface area (Å²) in [6, 6.07) is 17.7. The van der Waals surface area contributed by atoms with Crippen LogP contribution in [0.3, 0.4) is 0 Å². The van der Waals surface area contributed by atoms with Crippen molar-refractivity contribution < 1.29 is 9.59 Å². The van der Waals surface area contributed by atoms with Gasteiger partial charge in [-0.1, -0.05) is 42.5 Å². The number of nitrogens with one attached hydrogen (secondary N) is 1. The van der Waals surface area contributed by atoms with E-state index in [1.54, 1.807) is 11.8 Å². The zero-order valence-corrected chi connectivity index (χ0v) is 13.7. The van der Waals surface area contributed by atoms with E-state index in [0.29, 0.717) is 12.3 Å². The average Bonchev–Trinajstić information content (AvgIpc) is 2.90. The average molecular weight is 326 g/mol. The summed E-state index contributed by atoms with van der Waals surface area (Å²) < 4.78 is 0. The Morgan fingerprint density at radius 2 is 1.87 bits per heavy atom. The molecule has 1 aliphatic rings. The van der Waals surface area contributed by atoms with E-state index in [1.807, 2.05) is 59.5 Å². The molecule has 2 aromatic carbocycles. The molecule has 1 aliphatic heterocycles. The van der Waals surface area contributed by atoms with Gasteiger partial charge < -0.3 is 10.2 Å². The number of anilines is 1. The molecule has 4 nitrogen and oxygen atoms in total. The van der Waals surface area contributed by atoms with Crippen molar-refractivity contribution in [3.05, 3.63) is 65.7 Å². The van der Waals surface area contributed by atoms with Gasteiger partial charge in [0, 0.05) is 19.2 Å². The lowest BCUT2D eigenvalue weighted by atomic mass is 10.1. The van der Waals surface area contributed by atoms with E-state index < -0.39 is 0 Å². The van der Waals surface area contributed by atoms with Crippen LogP contribution >= 0.6 is 11.8 Å². The van der Waals surface area contributed by atoms with Gasteiger partial charge in [-0.05, 0) is 23.3 Å². The van der Waals surface area contributed by atoms with Crippen molar-refractivity contribution >= 4 is 29.3 Å². The minimum Gasteiger partial charge on any atom is -0.326 e. The maximum atomic E-state index is 12.2. The Morgan fingerprint density at radius 3 is 2.52 bits per heavy atom. The molecule has 2 aromatic rings. The van der Waals surface area contributed by atoms with Crippen molar-refractivity contribution in [2.24, 2.45) is 0 Å². The Bertz CT molecular complexity index is 701. The smallest absolute Gasteiger partial charge is 0.234 e. The molecule has 5 heteroatoms. The fourth-order valence-corrected chi connectivity index (χ4v) is 3.80. The number of hydrogen-bond acceptors (Lipinski definition) is 3. The highest BCUT2D eigenvalue weighted by Crippen LogP contribution is 2.39. The first-order valence-corrected chi connectivity index (χ1v) is 8.51. The molecule has 1 atom stereocenters. The van der Waals surface area contributed by atoms with Gasteiger partial charge in [0.2, 0.25) is 11.8 Å². The number of carbonyl (C=O) groups is 2. The molecular weight excluding hydrogens is 308 g/mol. The first kappa shape index (κ1) is 15.6. The largest absolute Gasteiger partial charge is 0.326 e. The molecule has 1 saturated heterocycles. The Kier molecular flexibility index (Phi) is 4.67. The highest BCUT2D eigenvalue weighted by molar-refractivity contribution is 8.00. The monoisotopic (exact) mass is 326 g/mol. The van der Waals surface area contributed by atoms with Gasteiger partial charge in [0.05, 0.1) is 5.75 Å². The first-order chi connectivity index (χ1) is 11.1. The van der Waals surface area contributed by atoms with Crippen molar-refractivity contribution in [1.29, 1.82) is 0 Å². The van der Waals surface area contributed by atoms with Crippen LogP contribution in [0.15, 0.2) is 54.6 Å². The molecule has 23 heavy (non-hydrogen) atoms. The molecule has 0 bridgehead atoms. The minimum absolute atomic E-state index is 0.0223. The number of hydrogen-bond donors (Lipinski definition) is 1. The van der Waals surface area contributed by atoms with Gasteiger partial charge in [0.15, 0.2) is 0 Å².